The number of aliphatic hydroxyl groups excluding tert-OH is 1. The molecule has 1 rings (SSSR count). The van der Waals surface area contributed by atoms with E-state index in [1.165, 1.54) is 0 Å². The van der Waals surface area contributed by atoms with Crippen molar-refractivity contribution in [1.82, 2.24) is 0 Å². The fourth-order valence-corrected chi connectivity index (χ4v) is 1.86. The van der Waals surface area contributed by atoms with Crippen molar-refractivity contribution in [2.75, 3.05) is 0 Å². The normalized spacial score (nSPS) is 10.9. The molecule has 0 amide bonds. The minimum atomic E-state index is -1.31. The van der Waals surface area contributed by atoms with Gasteiger partial charge >= 0.3 is 0 Å². The third-order valence-electron chi connectivity index (χ3n) is 1.36. The van der Waals surface area contributed by atoms with Gasteiger partial charge in [0.2, 0.25) is 0 Å². The van der Waals surface area contributed by atoms with Crippen molar-refractivity contribution in [1.29, 1.82) is 0 Å². The summed E-state index contributed by atoms with van der Waals surface area (Å²) in [7, 11) is 0. The quantitative estimate of drug-likeness (QED) is 0.606. The van der Waals surface area contributed by atoms with E-state index in [1.54, 1.807) is 17.4 Å². The zero-order valence-electron chi connectivity index (χ0n) is 5.96. The standard InChI is InChI=1S/C7H10O2S/c1-4-3-6(7(8)9)5(2)10-4/h3,7-9H,1-2H3. The molecule has 1 aromatic rings. The van der Waals surface area contributed by atoms with E-state index in [0.717, 1.165) is 9.75 Å². The van der Waals surface area contributed by atoms with Gasteiger partial charge in [-0.2, -0.15) is 0 Å². The van der Waals surface area contributed by atoms with E-state index in [0.29, 0.717) is 5.56 Å². The fraction of sp³-hybridized carbons (Fsp3) is 0.429. The van der Waals surface area contributed by atoms with Crippen molar-refractivity contribution >= 4 is 11.3 Å². The van der Waals surface area contributed by atoms with Gasteiger partial charge in [-0.1, -0.05) is 0 Å². The van der Waals surface area contributed by atoms with Gasteiger partial charge in [0.15, 0.2) is 6.29 Å². The largest absolute Gasteiger partial charge is 0.364 e. The Kier molecular flexibility index (Phi) is 2.08. The van der Waals surface area contributed by atoms with Gasteiger partial charge in [-0.05, 0) is 19.9 Å². The van der Waals surface area contributed by atoms with Crippen LogP contribution >= 0.6 is 11.3 Å². The minimum absolute atomic E-state index is 0.627. The second kappa shape index (κ2) is 2.70. The molecule has 10 heavy (non-hydrogen) atoms. The van der Waals surface area contributed by atoms with Crippen molar-refractivity contribution in [3.8, 4) is 0 Å². The molecular formula is C7H10O2S. The molecular weight excluding hydrogens is 148 g/mol. The van der Waals surface area contributed by atoms with Gasteiger partial charge < -0.3 is 10.2 Å². The number of hydrogen-bond donors (Lipinski definition) is 2. The highest BCUT2D eigenvalue weighted by Crippen LogP contribution is 2.24. The van der Waals surface area contributed by atoms with E-state index < -0.39 is 6.29 Å². The highest BCUT2D eigenvalue weighted by molar-refractivity contribution is 7.12. The van der Waals surface area contributed by atoms with Crippen molar-refractivity contribution in [3.05, 3.63) is 21.4 Å². The Morgan fingerprint density at radius 1 is 1.40 bits per heavy atom. The molecule has 0 radical (unpaired) electrons. The van der Waals surface area contributed by atoms with Gasteiger partial charge in [0.1, 0.15) is 0 Å². The first-order valence-corrected chi connectivity index (χ1v) is 3.86. The second-order valence-corrected chi connectivity index (χ2v) is 3.70. The van der Waals surface area contributed by atoms with E-state index in [9.17, 15) is 0 Å². The van der Waals surface area contributed by atoms with Crippen LogP contribution in [0.25, 0.3) is 0 Å². The molecule has 0 aliphatic carbocycles. The molecule has 0 unspecified atom stereocenters. The topological polar surface area (TPSA) is 40.5 Å². The van der Waals surface area contributed by atoms with Crippen LogP contribution in [-0.4, -0.2) is 10.2 Å². The highest BCUT2D eigenvalue weighted by atomic mass is 32.1. The molecule has 2 nitrogen and oxygen atoms in total. The molecule has 2 N–H and O–H groups in total. The highest BCUT2D eigenvalue weighted by Gasteiger charge is 2.08. The molecule has 0 bridgehead atoms. The summed E-state index contributed by atoms with van der Waals surface area (Å²) in [5, 5.41) is 17.6. The predicted molar refractivity (Wildman–Crippen MR) is 41.0 cm³/mol. The van der Waals surface area contributed by atoms with E-state index in [4.69, 9.17) is 10.2 Å². The zero-order valence-corrected chi connectivity index (χ0v) is 6.77. The Morgan fingerprint density at radius 2 is 2.00 bits per heavy atom. The number of rotatable bonds is 1. The SMILES string of the molecule is Cc1cc(C(O)O)c(C)s1. The molecule has 0 aliphatic rings. The molecule has 0 aromatic carbocycles. The smallest absolute Gasteiger partial charge is 0.179 e. The van der Waals surface area contributed by atoms with Gasteiger partial charge in [0, 0.05) is 15.3 Å². The first-order chi connectivity index (χ1) is 4.61. The first-order valence-electron chi connectivity index (χ1n) is 3.04. The summed E-state index contributed by atoms with van der Waals surface area (Å²) < 4.78 is 0. The summed E-state index contributed by atoms with van der Waals surface area (Å²) in [4.78, 5) is 2.09. The van der Waals surface area contributed by atoms with Gasteiger partial charge in [0.05, 0.1) is 0 Å². The number of thiophene rings is 1. The lowest BCUT2D eigenvalue weighted by Gasteiger charge is -1.99. The van der Waals surface area contributed by atoms with E-state index in [-0.39, 0.29) is 0 Å². The summed E-state index contributed by atoms with van der Waals surface area (Å²) in [6, 6.07) is 1.80. The Bertz CT molecular complexity index is 228. The Morgan fingerprint density at radius 3 is 2.20 bits per heavy atom. The van der Waals surface area contributed by atoms with Crippen LogP contribution in [-0.2, 0) is 0 Å². The molecule has 3 heteroatoms. The van der Waals surface area contributed by atoms with Crippen LogP contribution in [0, 0.1) is 13.8 Å². The minimum Gasteiger partial charge on any atom is -0.364 e. The Hall–Kier alpha value is -0.380. The summed E-state index contributed by atoms with van der Waals surface area (Å²) in [5.74, 6) is 0. The molecule has 1 heterocycles. The monoisotopic (exact) mass is 158 g/mol. The van der Waals surface area contributed by atoms with Crippen molar-refractivity contribution in [2.24, 2.45) is 0 Å². The third kappa shape index (κ3) is 1.37. The molecule has 56 valence electrons. The molecule has 0 fully saturated rings. The maximum atomic E-state index is 8.78. The lowest BCUT2D eigenvalue weighted by atomic mass is 10.2. The summed E-state index contributed by atoms with van der Waals surface area (Å²) >= 11 is 1.58. The van der Waals surface area contributed by atoms with Gasteiger partial charge in [-0.15, -0.1) is 11.3 Å². The second-order valence-electron chi connectivity index (χ2n) is 2.24. The lowest BCUT2D eigenvalue weighted by molar-refractivity contribution is -0.0425. The first kappa shape index (κ1) is 7.72. The summed E-state index contributed by atoms with van der Waals surface area (Å²) in [6.45, 7) is 3.83. The van der Waals surface area contributed by atoms with Crippen LogP contribution in [0.5, 0.6) is 0 Å². The zero-order chi connectivity index (χ0) is 7.72. The van der Waals surface area contributed by atoms with Crippen LogP contribution in [0.3, 0.4) is 0 Å². The molecule has 0 atom stereocenters. The Labute approximate surface area is 63.8 Å². The molecule has 0 spiro atoms. The van der Waals surface area contributed by atoms with Gasteiger partial charge in [0.25, 0.3) is 0 Å². The van der Waals surface area contributed by atoms with Crippen LogP contribution in [0.2, 0.25) is 0 Å². The van der Waals surface area contributed by atoms with Crippen molar-refractivity contribution in [2.45, 2.75) is 20.1 Å². The summed E-state index contributed by atoms with van der Waals surface area (Å²) in [6.07, 6.45) is -1.31. The van der Waals surface area contributed by atoms with Crippen LogP contribution in [0.1, 0.15) is 21.6 Å². The maximum Gasteiger partial charge on any atom is 0.179 e. The van der Waals surface area contributed by atoms with Crippen LogP contribution < -0.4 is 0 Å². The average molecular weight is 158 g/mol. The fourth-order valence-electron chi connectivity index (χ4n) is 0.907. The van der Waals surface area contributed by atoms with Crippen LogP contribution in [0.4, 0.5) is 0 Å². The molecule has 0 aliphatic heterocycles. The molecule has 1 aromatic heterocycles. The third-order valence-corrected chi connectivity index (χ3v) is 2.34. The number of aliphatic hydroxyl groups is 2. The van der Waals surface area contributed by atoms with E-state index in [1.807, 2.05) is 13.8 Å². The Balaban J connectivity index is 3.03. The molecule has 0 saturated carbocycles. The average Bonchev–Trinajstić information content (AvgIpc) is 2.10. The molecule has 0 saturated heterocycles. The van der Waals surface area contributed by atoms with E-state index >= 15 is 0 Å². The summed E-state index contributed by atoms with van der Waals surface area (Å²) in [5.41, 5.74) is 0.627. The van der Waals surface area contributed by atoms with Crippen LogP contribution in [0.15, 0.2) is 6.07 Å². The number of hydrogen-bond acceptors (Lipinski definition) is 3. The predicted octanol–water partition coefficient (Wildman–Crippen LogP) is 1.35. The van der Waals surface area contributed by atoms with Crippen molar-refractivity contribution < 1.29 is 10.2 Å². The van der Waals surface area contributed by atoms with Gasteiger partial charge in [-0.3, -0.25) is 0 Å². The maximum absolute atomic E-state index is 8.78. The lowest BCUT2D eigenvalue weighted by Crippen LogP contribution is -1.93. The van der Waals surface area contributed by atoms with E-state index in [2.05, 4.69) is 0 Å². The van der Waals surface area contributed by atoms with Crippen molar-refractivity contribution in [3.63, 3.8) is 0 Å². The number of aryl methyl sites for hydroxylation is 2. The van der Waals surface area contributed by atoms with Gasteiger partial charge in [-0.25, -0.2) is 0 Å².